The van der Waals surface area contributed by atoms with Crippen LogP contribution in [0.4, 0.5) is 0 Å². The maximum Gasteiger partial charge on any atom is 0.472 e. The number of hydrogen-bond acceptors (Lipinski definition) is 7. The van der Waals surface area contributed by atoms with Gasteiger partial charge in [0.25, 0.3) is 0 Å². The summed E-state index contributed by atoms with van der Waals surface area (Å²) in [5, 5.41) is 0. The summed E-state index contributed by atoms with van der Waals surface area (Å²) in [5.74, 6) is -0.812. The van der Waals surface area contributed by atoms with Gasteiger partial charge in [0.15, 0.2) is 6.10 Å². The fraction of sp³-hybridized carbons (Fsp3) is 0.800. The quantitative estimate of drug-likeness (QED) is 0.0279. The van der Waals surface area contributed by atoms with E-state index in [4.69, 9.17) is 14.0 Å². The van der Waals surface area contributed by atoms with E-state index in [0.29, 0.717) is 12.8 Å². The van der Waals surface area contributed by atoms with Gasteiger partial charge in [-0.15, -0.1) is 0 Å². The highest BCUT2D eigenvalue weighted by atomic mass is 31.2. The Hall–Kier alpha value is -1.99. The Morgan fingerprint density at radius 1 is 0.492 bits per heavy atom. The maximum absolute atomic E-state index is 12.5. The molecule has 0 bridgehead atoms. The minimum Gasteiger partial charge on any atom is -0.462 e. The third-order valence-corrected chi connectivity index (χ3v) is 11.5. The van der Waals surface area contributed by atoms with E-state index in [9.17, 15) is 19.0 Å². The van der Waals surface area contributed by atoms with Gasteiger partial charge in [-0.25, -0.2) is 4.57 Å². The molecule has 9 heteroatoms. The molecule has 59 heavy (non-hydrogen) atoms. The monoisotopic (exact) mass is 851 g/mol. The van der Waals surface area contributed by atoms with E-state index in [1.807, 2.05) is 0 Å². The van der Waals surface area contributed by atoms with Gasteiger partial charge in [-0.05, 0) is 51.4 Å². The van der Waals surface area contributed by atoms with E-state index in [1.54, 1.807) is 0 Å². The van der Waals surface area contributed by atoms with Gasteiger partial charge in [0.05, 0.1) is 6.61 Å². The van der Waals surface area contributed by atoms with E-state index >= 15 is 0 Å². The Labute approximate surface area is 363 Å². The third kappa shape index (κ3) is 45.4. The molecule has 0 saturated heterocycles. The van der Waals surface area contributed by atoms with Gasteiger partial charge in [-0.3, -0.25) is 18.6 Å². The van der Waals surface area contributed by atoms with Crippen LogP contribution in [0, 0.1) is 0 Å². The first-order valence-corrected chi connectivity index (χ1v) is 25.8. The molecule has 0 fully saturated rings. The van der Waals surface area contributed by atoms with Crippen LogP contribution in [0.1, 0.15) is 232 Å². The van der Waals surface area contributed by atoms with Gasteiger partial charge in [-0.2, -0.15) is 0 Å². The van der Waals surface area contributed by atoms with E-state index in [2.05, 4.69) is 67.0 Å². The zero-order valence-electron chi connectivity index (χ0n) is 38.4. The molecule has 8 nitrogen and oxygen atoms in total. The summed E-state index contributed by atoms with van der Waals surface area (Å²) < 4.78 is 32.1. The third-order valence-electron chi connectivity index (χ3n) is 10.6. The number of phosphoric ester groups is 1. The van der Waals surface area contributed by atoms with Crippen molar-refractivity contribution in [1.29, 1.82) is 0 Å². The fourth-order valence-corrected chi connectivity index (χ4v) is 7.35. The number of rotatable bonds is 45. The first-order chi connectivity index (χ1) is 28.8. The Bertz CT molecular complexity index is 1100. The van der Waals surface area contributed by atoms with Gasteiger partial charge < -0.3 is 14.4 Å². The summed E-state index contributed by atoms with van der Waals surface area (Å²) in [5.41, 5.74) is 0. The number of unbranched alkanes of at least 4 members (excludes halogenated alkanes) is 26. The number of phosphoric acid groups is 1. The minimum absolute atomic E-state index is 0.229. The lowest BCUT2D eigenvalue weighted by atomic mass is 10.0. The molecule has 1 N–H and O–H groups in total. The second-order valence-electron chi connectivity index (χ2n) is 16.2. The van der Waals surface area contributed by atoms with E-state index in [1.165, 1.54) is 116 Å². The predicted molar refractivity (Wildman–Crippen MR) is 249 cm³/mol. The van der Waals surface area contributed by atoms with Crippen LogP contribution < -0.4 is 0 Å². The highest BCUT2D eigenvalue weighted by molar-refractivity contribution is 7.47. The van der Waals surface area contributed by atoms with E-state index < -0.39 is 26.5 Å². The highest BCUT2D eigenvalue weighted by Crippen LogP contribution is 2.42. The normalized spacial score (nSPS) is 13.6. The maximum atomic E-state index is 12.5. The molecule has 0 aromatic carbocycles. The largest absolute Gasteiger partial charge is 0.472 e. The molecule has 2 unspecified atom stereocenters. The smallest absolute Gasteiger partial charge is 0.462 e. The number of allylic oxidation sites excluding steroid dienone is 8. The van der Waals surface area contributed by atoms with Gasteiger partial charge >= 0.3 is 19.8 Å². The van der Waals surface area contributed by atoms with Gasteiger partial charge in [0, 0.05) is 20.0 Å². The highest BCUT2D eigenvalue weighted by Gasteiger charge is 2.24. The number of carbonyl (C=O) groups excluding carboxylic acids is 2. The van der Waals surface area contributed by atoms with Crippen molar-refractivity contribution in [3.8, 4) is 0 Å². The van der Waals surface area contributed by atoms with Crippen molar-refractivity contribution in [2.75, 3.05) is 20.3 Å². The van der Waals surface area contributed by atoms with Crippen molar-refractivity contribution in [2.24, 2.45) is 0 Å². The van der Waals surface area contributed by atoms with E-state index in [-0.39, 0.29) is 19.0 Å². The van der Waals surface area contributed by atoms with Gasteiger partial charge in [0.1, 0.15) is 6.61 Å². The predicted octanol–water partition coefficient (Wildman–Crippen LogP) is 15.7. The van der Waals surface area contributed by atoms with Crippen LogP contribution in [0.25, 0.3) is 0 Å². The molecule has 0 aliphatic carbocycles. The molecule has 2 atom stereocenters. The molecule has 344 valence electrons. The molecule has 0 rings (SSSR count). The zero-order valence-corrected chi connectivity index (χ0v) is 39.3. The fourth-order valence-electron chi connectivity index (χ4n) is 6.89. The first kappa shape index (κ1) is 57.0. The van der Waals surface area contributed by atoms with Crippen LogP contribution in [-0.2, 0) is 32.7 Å². The number of esters is 2. The Balaban J connectivity index is 3.93. The van der Waals surface area contributed by atoms with Gasteiger partial charge in [0.2, 0.25) is 0 Å². The molecular formula is C50H91O8P. The summed E-state index contributed by atoms with van der Waals surface area (Å²) >= 11 is 0. The average molecular weight is 851 g/mol. The van der Waals surface area contributed by atoms with Crippen LogP contribution in [0.5, 0.6) is 0 Å². The van der Waals surface area contributed by atoms with Crippen LogP contribution in [-0.4, -0.2) is 43.3 Å². The molecule has 0 heterocycles. The molecule has 0 amide bonds. The van der Waals surface area contributed by atoms with Crippen LogP contribution >= 0.6 is 7.82 Å². The van der Waals surface area contributed by atoms with Gasteiger partial charge in [-0.1, -0.05) is 217 Å². The van der Waals surface area contributed by atoms with Crippen LogP contribution in [0.2, 0.25) is 0 Å². The number of ether oxygens (including phenoxy) is 2. The Kier molecular flexibility index (Phi) is 44.0. The summed E-state index contributed by atoms with van der Waals surface area (Å²) in [6.07, 6.45) is 56.0. The van der Waals surface area contributed by atoms with Crippen LogP contribution in [0.15, 0.2) is 48.6 Å². The second-order valence-corrected chi connectivity index (χ2v) is 17.8. The van der Waals surface area contributed by atoms with Crippen molar-refractivity contribution in [3.63, 3.8) is 0 Å². The van der Waals surface area contributed by atoms with Crippen molar-refractivity contribution >= 4 is 19.8 Å². The Morgan fingerprint density at radius 2 is 0.864 bits per heavy atom. The zero-order chi connectivity index (χ0) is 43.2. The molecule has 0 radical (unpaired) electrons. The van der Waals surface area contributed by atoms with E-state index in [0.717, 1.165) is 90.6 Å². The van der Waals surface area contributed by atoms with Crippen molar-refractivity contribution in [2.45, 2.75) is 238 Å². The minimum atomic E-state index is -4.27. The summed E-state index contributed by atoms with van der Waals surface area (Å²) in [6.45, 7) is 3.79. The first-order valence-electron chi connectivity index (χ1n) is 24.3. The number of carbonyl (C=O) groups is 2. The van der Waals surface area contributed by atoms with Crippen LogP contribution in [0.3, 0.4) is 0 Å². The molecule has 0 spiro atoms. The lowest BCUT2D eigenvalue weighted by Gasteiger charge is -2.19. The lowest BCUT2D eigenvalue weighted by molar-refractivity contribution is -0.161. The molecule has 0 aromatic rings. The van der Waals surface area contributed by atoms with Crippen molar-refractivity contribution < 1.29 is 37.6 Å². The number of hydrogen-bond donors (Lipinski definition) is 1. The molecule has 0 aliphatic rings. The van der Waals surface area contributed by atoms with Crippen molar-refractivity contribution in [1.82, 2.24) is 0 Å². The molecule has 0 aromatic heterocycles. The lowest BCUT2D eigenvalue weighted by Crippen LogP contribution is -2.29. The second kappa shape index (κ2) is 45.5. The standard InChI is InChI=1S/C50H91O8P/c1-4-6-8-10-12-14-16-18-20-22-24-25-27-28-30-32-34-36-38-40-42-44-49(51)56-46-48(47-57-59(53,54)55-3)58-50(52)45-43-41-39-37-35-33-31-29-26-23-21-19-17-15-13-11-9-7-5-2/h7,9,13,15,19,21,26,29,48H,4-6,8,10-12,14,16-18,20,22-25,27-28,30-47H2,1-3H3,(H,53,54)/b9-7-,15-13-,21-19-,29-26-. The SMILES string of the molecule is CC/C=C\C/C=C\C/C=C\C/C=C\CCCCCCCCC(=O)OC(COC(=O)CCCCCCCCCCCCCCCCCCCCCCC)COP(=O)(O)OC. The summed E-state index contributed by atoms with van der Waals surface area (Å²) in [7, 11) is -3.21. The molecular weight excluding hydrogens is 760 g/mol. The summed E-state index contributed by atoms with van der Waals surface area (Å²) in [6, 6.07) is 0. The van der Waals surface area contributed by atoms with Crippen molar-refractivity contribution in [3.05, 3.63) is 48.6 Å². The molecule has 0 aliphatic heterocycles. The summed E-state index contributed by atoms with van der Waals surface area (Å²) in [4.78, 5) is 34.6. The molecule has 0 saturated carbocycles. The topological polar surface area (TPSA) is 108 Å². The Morgan fingerprint density at radius 3 is 1.29 bits per heavy atom. The average Bonchev–Trinajstić information content (AvgIpc) is 3.23.